The Balaban J connectivity index is 2.31. The third kappa shape index (κ3) is 2.29. The van der Waals surface area contributed by atoms with Crippen molar-refractivity contribution in [2.45, 2.75) is 6.42 Å². The molecule has 21 heavy (non-hydrogen) atoms. The van der Waals surface area contributed by atoms with Crippen molar-refractivity contribution in [2.24, 2.45) is 0 Å². The van der Waals surface area contributed by atoms with Gasteiger partial charge < -0.3 is 15.2 Å². The van der Waals surface area contributed by atoms with Gasteiger partial charge in [0, 0.05) is 11.6 Å². The molecule has 0 aliphatic carbocycles. The third-order valence-electron chi connectivity index (χ3n) is 3.33. The van der Waals surface area contributed by atoms with Gasteiger partial charge in [-0.1, -0.05) is 11.6 Å². The summed E-state index contributed by atoms with van der Waals surface area (Å²) in [5.41, 5.74) is 7.68. The normalized spacial score (nSPS) is 13.0. The van der Waals surface area contributed by atoms with Crippen molar-refractivity contribution in [1.82, 2.24) is 0 Å². The van der Waals surface area contributed by atoms with Gasteiger partial charge >= 0.3 is 5.97 Å². The van der Waals surface area contributed by atoms with E-state index in [4.69, 9.17) is 26.8 Å². The van der Waals surface area contributed by atoms with Crippen LogP contribution in [-0.4, -0.2) is 13.1 Å². The monoisotopic (exact) mass is 307 g/mol. The van der Waals surface area contributed by atoms with E-state index in [1.807, 2.05) is 0 Å². The van der Waals surface area contributed by atoms with E-state index in [-0.39, 0.29) is 17.9 Å². The highest BCUT2D eigenvalue weighted by molar-refractivity contribution is 6.33. The Hall–Kier alpha value is -2.27. The summed E-state index contributed by atoms with van der Waals surface area (Å²) in [6, 6.07) is 5.83. The van der Waals surface area contributed by atoms with E-state index in [1.54, 1.807) is 6.07 Å². The van der Waals surface area contributed by atoms with Gasteiger partial charge in [0.1, 0.15) is 5.75 Å². The number of nitrogens with two attached hydrogens (primary N) is 1. The van der Waals surface area contributed by atoms with Crippen molar-refractivity contribution < 1.29 is 18.7 Å². The van der Waals surface area contributed by atoms with Crippen LogP contribution < -0.4 is 15.2 Å². The number of halogens is 2. The molecule has 3 rings (SSSR count). The summed E-state index contributed by atoms with van der Waals surface area (Å²) < 4.78 is 24.2. The highest BCUT2D eigenvalue weighted by Crippen LogP contribution is 2.41. The highest BCUT2D eigenvalue weighted by Gasteiger charge is 2.24. The summed E-state index contributed by atoms with van der Waals surface area (Å²) in [5, 5.41) is 0.314. The molecule has 6 heteroatoms. The van der Waals surface area contributed by atoms with Gasteiger partial charge in [-0.05, 0) is 29.3 Å². The highest BCUT2D eigenvalue weighted by atomic mass is 35.5. The first-order valence-corrected chi connectivity index (χ1v) is 6.54. The minimum absolute atomic E-state index is 0.0121. The van der Waals surface area contributed by atoms with Crippen LogP contribution >= 0.6 is 11.6 Å². The summed E-state index contributed by atoms with van der Waals surface area (Å²) in [7, 11) is 1.37. The number of esters is 1. The van der Waals surface area contributed by atoms with Crippen LogP contribution in [0.2, 0.25) is 5.02 Å². The van der Waals surface area contributed by atoms with Crippen molar-refractivity contribution in [1.29, 1.82) is 0 Å². The Morgan fingerprint density at radius 3 is 2.76 bits per heavy atom. The molecular formula is C15H11ClFNO3. The quantitative estimate of drug-likeness (QED) is 0.499. The first-order chi connectivity index (χ1) is 9.99. The number of rotatable bonds is 1. The van der Waals surface area contributed by atoms with E-state index in [1.165, 1.54) is 25.3 Å². The van der Waals surface area contributed by atoms with Crippen molar-refractivity contribution in [3.05, 3.63) is 40.7 Å². The molecule has 2 N–H and O–H groups in total. The summed E-state index contributed by atoms with van der Waals surface area (Å²) in [5.74, 6) is -0.633. The minimum Gasteiger partial charge on any atom is -0.494 e. The van der Waals surface area contributed by atoms with E-state index in [0.717, 1.165) is 0 Å². The average Bonchev–Trinajstić information content (AvgIpc) is 2.55. The number of methoxy groups -OCH3 is 1. The number of nitrogen functional groups attached to an aromatic ring is 1. The summed E-state index contributed by atoms with van der Waals surface area (Å²) >= 11 is 6.02. The predicted octanol–water partition coefficient (Wildman–Crippen LogP) is 3.20. The number of carbonyl (C=O) groups is 1. The zero-order valence-corrected chi connectivity index (χ0v) is 11.8. The number of fused-ring (bicyclic) bond motifs is 3. The molecule has 0 radical (unpaired) electrons. The molecule has 2 aromatic rings. The first-order valence-electron chi connectivity index (χ1n) is 6.16. The molecular weight excluding hydrogens is 297 g/mol. The smallest absolute Gasteiger partial charge is 0.315 e. The molecule has 0 amide bonds. The van der Waals surface area contributed by atoms with Crippen LogP contribution in [0, 0.1) is 5.82 Å². The van der Waals surface area contributed by atoms with Gasteiger partial charge in [0.25, 0.3) is 0 Å². The Labute approximate surface area is 125 Å². The van der Waals surface area contributed by atoms with Gasteiger partial charge in [0.2, 0.25) is 0 Å². The van der Waals surface area contributed by atoms with Gasteiger partial charge in [-0.2, -0.15) is 0 Å². The Kier molecular flexibility index (Phi) is 3.22. The maximum Gasteiger partial charge on any atom is 0.315 e. The molecule has 1 heterocycles. The molecule has 0 spiro atoms. The van der Waals surface area contributed by atoms with E-state index < -0.39 is 11.8 Å². The zero-order valence-electron chi connectivity index (χ0n) is 11.1. The molecule has 1 aliphatic rings. The van der Waals surface area contributed by atoms with Gasteiger partial charge in [-0.3, -0.25) is 4.79 Å². The van der Waals surface area contributed by atoms with Crippen molar-refractivity contribution >= 4 is 23.3 Å². The summed E-state index contributed by atoms with van der Waals surface area (Å²) in [6.07, 6.45) is 0.0121. The SMILES string of the molecule is COc1cc2c(cc1F)-c1cc(Cl)c(N)cc1OC(=O)C2. The first kappa shape index (κ1) is 13.7. The molecule has 4 nitrogen and oxygen atoms in total. The van der Waals surface area contributed by atoms with Crippen LogP contribution in [0.25, 0.3) is 11.1 Å². The average molecular weight is 308 g/mol. The molecule has 2 aromatic carbocycles. The zero-order chi connectivity index (χ0) is 15.1. The van der Waals surface area contributed by atoms with Gasteiger partial charge in [0.15, 0.2) is 11.6 Å². The van der Waals surface area contributed by atoms with E-state index in [0.29, 0.717) is 27.4 Å². The number of benzene rings is 2. The van der Waals surface area contributed by atoms with Crippen LogP contribution in [-0.2, 0) is 11.2 Å². The molecule has 0 saturated carbocycles. The topological polar surface area (TPSA) is 61.6 Å². The fourth-order valence-corrected chi connectivity index (χ4v) is 2.49. The second-order valence-corrected chi connectivity index (χ2v) is 5.07. The Bertz CT molecular complexity index is 761. The molecule has 1 aliphatic heterocycles. The minimum atomic E-state index is -0.524. The van der Waals surface area contributed by atoms with E-state index >= 15 is 0 Å². The standard InChI is InChI=1S/C15H11ClFNO3/c1-20-14-2-7-3-15(19)21-13-6-12(18)10(16)4-9(13)8(7)5-11(14)17/h2,4-6H,3,18H2,1H3. The van der Waals surface area contributed by atoms with Gasteiger partial charge in [-0.25, -0.2) is 4.39 Å². The Morgan fingerprint density at radius 2 is 2.05 bits per heavy atom. The molecule has 0 fully saturated rings. The molecule has 0 atom stereocenters. The lowest BCUT2D eigenvalue weighted by Crippen LogP contribution is -2.09. The number of hydrogen-bond acceptors (Lipinski definition) is 4. The van der Waals surface area contributed by atoms with Crippen LogP contribution in [0.5, 0.6) is 11.5 Å². The molecule has 0 unspecified atom stereocenters. The number of carbonyl (C=O) groups excluding carboxylic acids is 1. The lowest BCUT2D eigenvalue weighted by molar-refractivity contribution is -0.133. The lowest BCUT2D eigenvalue weighted by Gasteiger charge is -2.11. The van der Waals surface area contributed by atoms with Crippen LogP contribution in [0.4, 0.5) is 10.1 Å². The number of anilines is 1. The second kappa shape index (κ2) is 4.93. The fourth-order valence-electron chi connectivity index (χ4n) is 2.33. The third-order valence-corrected chi connectivity index (χ3v) is 3.65. The fraction of sp³-hybridized carbons (Fsp3) is 0.133. The van der Waals surface area contributed by atoms with Crippen LogP contribution in [0.1, 0.15) is 5.56 Å². The second-order valence-electron chi connectivity index (χ2n) is 4.66. The predicted molar refractivity (Wildman–Crippen MR) is 77.1 cm³/mol. The summed E-state index contributed by atoms with van der Waals surface area (Å²) in [4.78, 5) is 11.9. The van der Waals surface area contributed by atoms with Crippen LogP contribution in [0.3, 0.4) is 0 Å². The van der Waals surface area contributed by atoms with Crippen molar-refractivity contribution in [3.8, 4) is 22.6 Å². The van der Waals surface area contributed by atoms with Crippen LogP contribution in [0.15, 0.2) is 24.3 Å². The van der Waals surface area contributed by atoms with Crippen molar-refractivity contribution in [2.75, 3.05) is 12.8 Å². The molecule has 0 bridgehead atoms. The molecule has 0 saturated heterocycles. The van der Waals surface area contributed by atoms with E-state index in [2.05, 4.69) is 0 Å². The van der Waals surface area contributed by atoms with Crippen molar-refractivity contribution in [3.63, 3.8) is 0 Å². The Morgan fingerprint density at radius 1 is 1.29 bits per heavy atom. The molecule has 108 valence electrons. The van der Waals surface area contributed by atoms with Gasteiger partial charge in [-0.15, -0.1) is 0 Å². The largest absolute Gasteiger partial charge is 0.494 e. The van der Waals surface area contributed by atoms with Gasteiger partial charge in [0.05, 0.1) is 24.2 Å². The maximum absolute atomic E-state index is 14.0. The number of ether oxygens (including phenoxy) is 2. The maximum atomic E-state index is 14.0. The lowest BCUT2D eigenvalue weighted by atomic mass is 9.97. The summed E-state index contributed by atoms with van der Waals surface area (Å²) in [6.45, 7) is 0. The number of hydrogen-bond donors (Lipinski definition) is 1. The van der Waals surface area contributed by atoms with E-state index in [9.17, 15) is 9.18 Å². The molecule has 0 aromatic heterocycles.